The molecule has 2 aromatic carbocycles. The van der Waals surface area contributed by atoms with Crippen molar-refractivity contribution in [2.24, 2.45) is 0 Å². The van der Waals surface area contributed by atoms with Gasteiger partial charge in [0.15, 0.2) is 11.5 Å². The molecule has 0 aliphatic carbocycles. The number of ether oxygens (including phenoxy) is 5. The second kappa shape index (κ2) is 8.42. The number of halogens is 1. The van der Waals surface area contributed by atoms with E-state index in [1.165, 1.54) is 20.3 Å². The molecule has 0 amide bonds. The van der Waals surface area contributed by atoms with Gasteiger partial charge in [0.05, 0.1) is 14.2 Å². The number of benzene rings is 2. The number of aromatic hydroxyl groups is 1. The molecule has 25 heavy (non-hydrogen) atoms. The lowest BCUT2D eigenvalue weighted by Gasteiger charge is -2.21. The van der Waals surface area contributed by atoms with Crippen LogP contribution in [0.5, 0.6) is 23.0 Å². The number of aryl methyl sites for hydroxylation is 1. The third kappa shape index (κ3) is 4.00. The van der Waals surface area contributed by atoms with Gasteiger partial charge in [-0.15, -0.1) is 0 Å². The zero-order chi connectivity index (χ0) is 18.6. The van der Waals surface area contributed by atoms with E-state index in [1.54, 1.807) is 26.4 Å². The first-order valence-electron chi connectivity index (χ1n) is 7.43. The minimum atomic E-state index is -0.889. The maximum atomic E-state index is 9.99. The molecular formula is C18H21BrO6. The standard InChI is InChI=1S/C18H21BrO6/c1-10-8-14(21-2)17(22-3)15(16(10)19)12-9-11(20)6-7-13(12)25-18(23-4)24-5/h6-9,18,20H,1-5H3. The van der Waals surface area contributed by atoms with Gasteiger partial charge in [-0.05, 0) is 52.7 Å². The summed E-state index contributed by atoms with van der Waals surface area (Å²) in [5.74, 6) is 1.63. The second-order valence-corrected chi connectivity index (χ2v) is 5.97. The van der Waals surface area contributed by atoms with E-state index in [1.807, 2.05) is 13.0 Å². The highest BCUT2D eigenvalue weighted by Crippen LogP contribution is 2.48. The quantitative estimate of drug-likeness (QED) is 0.690. The van der Waals surface area contributed by atoms with Crippen LogP contribution in [0.15, 0.2) is 28.7 Å². The molecule has 1 N–H and O–H groups in total. The maximum Gasteiger partial charge on any atom is 0.315 e. The Labute approximate surface area is 155 Å². The van der Waals surface area contributed by atoms with Gasteiger partial charge < -0.3 is 28.8 Å². The summed E-state index contributed by atoms with van der Waals surface area (Å²) in [4.78, 5) is 0. The van der Waals surface area contributed by atoms with Gasteiger partial charge in [0.2, 0.25) is 0 Å². The predicted octanol–water partition coefficient (Wildman–Crippen LogP) is 4.10. The Morgan fingerprint density at radius 3 is 2.20 bits per heavy atom. The molecule has 0 unspecified atom stereocenters. The van der Waals surface area contributed by atoms with Gasteiger partial charge in [0.25, 0.3) is 0 Å². The molecule has 0 aliphatic heterocycles. The number of hydrogen-bond acceptors (Lipinski definition) is 6. The van der Waals surface area contributed by atoms with Crippen LogP contribution in [0.25, 0.3) is 11.1 Å². The van der Waals surface area contributed by atoms with Crippen molar-refractivity contribution in [1.82, 2.24) is 0 Å². The monoisotopic (exact) mass is 412 g/mol. The van der Waals surface area contributed by atoms with Gasteiger partial charge in [-0.1, -0.05) is 0 Å². The lowest BCUT2D eigenvalue weighted by molar-refractivity contribution is -0.218. The summed E-state index contributed by atoms with van der Waals surface area (Å²) in [7, 11) is 6.07. The minimum absolute atomic E-state index is 0.0863. The van der Waals surface area contributed by atoms with Crippen molar-refractivity contribution in [2.45, 2.75) is 13.4 Å². The Balaban J connectivity index is 2.73. The molecule has 0 heterocycles. The van der Waals surface area contributed by atoms with Gasteiger partial charge in [-0.25, -0.2) is 0 Å². The van der Waals surface area contributed by atoms with Crippen LogP contribution in [0.2, 0.25) is 0 Å². The Morgan fingerprint density at radius 2 is 1.64 bits per heavy atom. The van der Waals surface area contributed by atoms with E-state index in [0.29, 0.717) is 28.4 Å². The predicted molar refractivity (Wildman–Crippen MR) is 97.5 cm³/mol. The number of phenolic OH excluding ortho intramolecular Hbond substituents is 1. The summed E-state index contributed by atoms with van der Waals surface area (Å²) in [6, 6.07) is 6.60. The summed E-state index contributed by atoms with van der Waals surface area (Å²) >= 11 is 3.60. The first-order chi connectivity index (χ1) is 12.0. The molecule has 7 heteroatoms. The lowest BCUT2D eigenvalue weighted by Crippen LogP contribution is -2.21. The molecule has 0 saturated heterocycles. The normalized spacial score (nSPS) is 10.8. The van der Waals surface area contributed by atoms with Crippen LogP contribution >= 0.6 is 15.9 Å². The molecule has 0 aliphatic rings. The van der Waals surface area contributed by atoms with Crippen molar-refractivity contribution >= 4 is 15.9 Å². The van der Waals surface area contributed by atoms with E-state index < -0.39 is 6.48 Å². The van der Waals surface area contributed by atoms with E-state index in [9.17, 15) is 5.11 Å². The zero-order valence-electron chi connectivity index (χ0n) is 14.8. The van der Waals surface area contributed by atoms with E-state index in [-0.39, 0.29) is 5.75 Å². The van der Waals surface area contributed by atoms with Gasteiger partial charge in [0.1, 0.15) is 11.5 Å². The topological polar surface area (TPSA) is 66.4 Å². The zero-order valence-corrected chi connectivity index (χ0v) is 16.3. The van der Waals surface area contributed by atoms with Crippen molar-refractivity contribution in [3.63, 3.8) is 0 Å². The smallest absolute Gasteiger partial charge is 0.315 e. The Morgan fingerprint density at radius 1 is 0.960 bits per heavy atom. The second-order valence-electron chi connectivity index (χ2n) is 5.18. The van der Waals surface area contributed by atoms with Crippen molar-refractivity contribution in [3.8, 4) is 34.1 Å². The number of methoxy groups -OCH3 is 4. The molecular weight excluding hydrogens is 392 g/mol. The average molecular weight is 413 g/mol. The third-order valence-corrected chi connectivity index (χ3v) is 4.65. The van der Waals surface area contributed by atoms with Crippen LogP contribution in [0.3, 0.4) is 0 Å². The van der Waals surface area contributed by atoms with Crippen molar-refractivity contribution in [2.75, 3.05) is 28.4 Å². The third-order valence-electron chi connectivity index (χ3n) is 3.63. The highest BCUT2D eigenvalue weighted by molar-refractivity contribution is 9.10. The molecule has 0 bridgehead atoms. The highest BCUT2D eigenvalue weighted by atomic mass is 79.9. The molecule has 2 rings (SSSR count). The molecule has 0 saturated carbocycles. The molecule has 0 radical (unpaired) electrons. The Kier molecular flexibility index (Phi) is 6.52. The van der Waals surface area contributed by atoms with Gasteiger partial charge in [0, 0.05) is 29.8 Å². The highest BCUT2D eigenvalue weighted by Gasteiger charge is 2.23. The van der Waals surface area contributed by atoms with Gasteiger partial charge >= 0.3 is 6.48 Å². The first kappa shape index (κ1) is 19.4. The average Bonchev–Trinajstić information content (AvgIpc) is 2.62. The number of rotatable bonds is 7. The van der Waals surface area contributed by atoms with Crippen LogP contribution in [-0.4, -0.2) is 40.0 Å². The molecule has 0 aromatic heterocycles. The van der Waals surface area contributed by atoms with E-state index in [2.05, 4.69) is 15.9 Å². The summed E-state index contributed by atoms with van der Waals surface area (Å²) in [5, 5.41) is 9.99. The van der Waals surface area contributed by atoms with E-state index in [0.717, 1.165) is 10.0 Å². The van der Waals surface area contributed by atoms with Crippen molar-refractivity contribution < 1.29 is 28.8 Å². The summed E-state index contributed by atoms with van der Waals surface area (Å²) < 4.78 is 27.7. The fraction of sp³-hybridized carbons (Fsp3) is 0.333. The van der Waals surface area contributed by atoms with Crippen LogP contribution in [-0.2, 0) is 9.47 Å². The molecule has 0 fully saturated rings. The van der Waals surface area contributed by atoms with Crippen molar-refractivity contribution in [3.05, 3.63) is 34.3 Å². The fourth-order valence-electron chi connectivity index (χ4n) is 2.45. The van der Waals surface area contributed by atoms with E-state index >= 15 is 0 Å². The number of hydrogen-bond donors (Lipinski definition) is 1. The minimum Gasteiger partial charge on any atom is -0.508 e. The molecule has 6 nitrogen and oxygen atoms in total. The molecule has 0 spiro atoms. The molecule has 2 aromatic rings. The van der Waals surface area contributed by atoms with Crippen LogP contribution in [0, 0.1) is 6.92 Å². The van der Waals surface area contributed by atoms with E-state index in [4.69, 9.17) is 23.7 Å². The lowest BCUT2D eigenvalue weighted by atomic mass is 10.00. The van der Waals surface area contributed by atoms with Crippen LogP contribution in [0.4, 0.5) is 0 Å². The Bertz CT molecular complexity index is 743. The molecule has 0 atom stereocenters. The van der Waals surface area contributed by atoms with Crippen LogP contribution in [0.1, 0.15) is 5.56 Å². The largest absolute Gasteiger partial charge is 0.508 e. The first-order valence-corrected chi connectivity index (χ1v) is 8.22. The SMILES string of the molecule is COc1cc(C)c(Br)c(-c2cc(O)ccc2OC(OC)OC)c1OC. The summed E-state index contributed by atoms with van der Waals surface area (Å²) in [5.41, 5.74) is 2.23. The maximum absolute atomic E-state index is 9.99. The Hall–Kier alpha value is -1.96. The van der Waals surface area contributed by atoms with Crippen molar-refractivity contribution in [1.29, 1.82) is 0 Å². The number of phenols is 1. The summed E-state index contributed by atoms with van der Waals surface area (Å²) in [6.45, 7) is 1.05. The molecule has 136 valence electrons. The summed E-state index contributed by atoms with van der Waals surface area (Å²) in [6.07, 6.45) is 0. The fourth-order valence-corrected chi connectivity index (χ4v) is 2.96. The van der Waals surface area contributed by atoms with Gasteiger partial charge in [-0.3, -0.25) is 0 Å². The van der Waals surface area contributed by atoms with Gasteiger partial charge in [-0.2, -0.15) is 0 Å². The van der Waals surface area contributed by atoms with Crippen LogP contribution < -0.4 is 14.2 Å².